The van der Waals surface area contributed by atoms with Crippen LogP contribution >= 0.6 is 0 Å². The van der Waals surface area contributed by atoms with Crippen LogP contribution < -0.4 is 0 Å². The van der Waals surface area contributed by atoms with E-state index in [1.54, 1.807) is 29.2 Å². The minimum Gasteiger partial charge on any atom is -0.241 e. The van der Waals surface area contributed by atoms with Crippen LogP contribution in [0.3, 0.4) is 0 Å². The second kappa shape index (κ2) is 4.27. The Labute approximate surface area is 89.1 Å². The molecule has 0 fully saturated rings. The maximum Gasteiger partial charge on any atom is 0.144 e. The first-order valence-electron chi connectivity index (χ1n) is 4.47. The van der Waals surface area contributed by atoms with Crippen molar-refractivity contribution in [1.82, 2.24) is 9.78 Å². The van der Waals surface area contributed by atoms with Crippen molar-refractivity contribution in [3.05, 3.63) is 48.3 Å². The average molecular weight is 222 g/mol. The van der Waals surface area contributed by atoms with E-state index < -0.39 is 10.7 Å². The third kappa shape index (κ3) is 2.24. The van der Waals surface area contributed by atoms with Gasteiger partial charge in [-0.25, -0.2) is 13.1 Å². The van der Waals surface area contributed by atoms with Crippen LogP contribution in [0.5, 0.6) is 0 Å². The van der Waals surface area contributed by atoms with Crippen molar-refractivity contribution < 1.29 is 8.42 Å². The molecule has 1 aromatic heterocycles. The van der Waals surface area contributed by atoms with Crippen LogP contribution in [0.4, 0.5) is 0 Å². The first-order valence-corrected chi connectivity index (χ1v) is 5.83. The Morgan fingerprint density at radius 3 is 2.67 bits per heavy atom. The SMILES string of the molecule is O=[SH](=O)Cc1ccccc1-n1cccn1. The largest absolute Gasteiger partial charge is 0.241 e. The summed E-state index contributed by atoms with van der Waals surface area (Å²) in [5.41, 5.74) is 1.57. The second-order valence-electron chi connectivity index (χ2n) is 3.07. The fourth-order valence-electron chi connectivity index (χ4n) is 1.42. The molecule has 78 valence electrons. The standard InChI is InChI=1S/C10H10N2O2S/c13-15(14)8-9-4-1-2-5-10(9)12-7-3-6-11-12/h1-7,15H,8H2. The van der Waals surface area contributed by atoms with Crippen molar-refractivity contribution in [1.29, 1.82) is 0 Å². The van der Waals surface area contributed by atoms with Gasteiger partial charge >= 0.3 is 0 Å². The first-order chi connectivity index (χ1) is 7.27. The molecule has 0 radical (unpaired) electrons. The van der Waals surface area contributed by atoms with E-state index in [1.807, 2.05) is 18.2 Å². The van der Waals surface area contributed by atoms with Crippen LogP contribution in [0.1, 0.15) is 5.56 Å². The predicted molar refractivity (Wildman–Crippen MR) is 57.6 cm³/mol. The van der Waals surface area contributed by atoms with E-state index >= 15 is 0 Å². The zero-order valence-electron chi connectivity index (χ0n) is 7.91. The van der Waals surface area contributed by atoms with E-state index in [-0.39, 0.29) is 5.75 Å². The molecule has 0 unspecified atom stereocenters. The molecule has 2 aromatic rings. The van der Waals surface area contributed by atoms with Gasteiger partial charge in [-0.15, -0.1) is 0 Å². The van der Waals surface area contributed by atoms with Crippen molar-refractivity contribution >= 4 is 10.7 Å². The topological polar surface area (TPSA) is 52.0 Å². The molecule has 15 heavy (non-hydrogen) atoms. The smallest absolute Gasteiger partial charge is 0.144 e. The van der Waals surface area contributed by atoms with E-state index in [0.29, 0.717) is 0 Å². The van der Waals surface area contributed by atoms with Crippen LogP contribution in [0.15, 0.2) is 42.7 Å². The Balaban J connectivity index is 2.47. The van der Waals surface area contributed by atoms with Gasteiger partial charge in [0.25, 0.3) is 0 Å². The maximum absolute atomic E-state index is 10.7. The Morgan fingerprint density at radius 1 is 1.20 bits per heavy atom. The number of hydrogen-bond donors (Lipinski definition) is 1. The number of aromatic nitrogens is 2. The van der Waals surface area contributed by atoms with Gasteiger partial charge in [0.05, 0.1) is 11.4 Å². The first kappa shape index (κ1) is 9.92. The number of para-hydroxylation sites is 1. The molecule has 0 saturated heterocycles. The molecule has 1 aromatic carbocycles. The number of benzene rings is 1. The molecule has 2 rings (SSSR count). The van der Waals surface area contributed by atoms with Crippen LogP contribution in [0, 0.1) is 0 Å². The lowest BCUT2D eigenvalue weighted by Gasteiger charge is -2.06. The van der Waals surface area contributed by atoms with Crippen molar-refractivity contribution in [2.75, 3.05) is 0 Å². The Hall–Kier alpha value is -1.62. The van der Waals surface area contributed by atoms with Crippen molar-refractivity contribution in [3.8, 4) is 5.69 Å². The maximum atomic E-state index is 10.7. The van der Waals surface area contributed by atoms with Gasteiger partial charge in [0, 0.05) is 12.4 Å². The van der Waals surface area contributed by atoms with E-state index in [4.69, 9.17) is 0 Å². The third-order valence-electron chi connectivity index (χ3n) is 2.04. The van der Waals surface area contributed by atoms with Gasteiger partial charge in [-0.1, -0.05) is 18.2 Å². The summed E-state index contributed by atoms with van der Waals surface area (Å²) < 4.78 is 23.1. The molecule has 0 spiro atoms. The minimum atomic E-state index is -2.41. The highest BCUT2D eigenvalue weighted by atomic mass is 32.2. The van der Waals surface area contributed by atoms with E-state index in [9.17, 15) is 8.42 Å². The number of thiol groups is 1. The predicted octanol–water partition coefficient (Wildman–Crippen LogP) is 0.984. The monoisotopic (exact) mass is 222 g/mol. The van der Waals surface area contributed by atoms with E-state index in [1.165, 1.54) is 0 Å². The fraction of sp³-hybridized carbons (Fsp3) is 0.100. The molecule has 1 heterocycles. The summed E-state index contributed by atoms with van der Waals surface area (Å²) >= 11 is 0. The molecule has 5 heteroatoms. The van der Waals surface area contributed by atoms with Crippen LogP contribution in [0.25, 0.3) is 5.69 Å². The van der Waals surface area contributed by atoms with E-state index in [0.717, 1.165) is 11.3 Å². The summed E-state index contributed by atoms with van der Waals surface area (Å²) in [5, 5.41) is 4.07. The Morgan fingerprint density at radius 2 is 2.00 bits per heavy atom. The Bertz CT molecular complexity index is 510. The highest BCUT2D eigenvalue weighted by Crippen LogP contribution is 2.13. The summed E-state index contributed by atoms with van der Waals surface area (Å²) in [6.45, 7) is 0. The zero-order valence-corrected chi connectivity index (χ0v) is 8.80. The van der Waals surface area contributed by atoms with Gasteiger partial charge in [0.15, 0.2) is 0 Å². The molecule has 0 amide bonds. The van der Waals surface area contributed by atoms with Crippen LogP contribution in [0.2, 0.25) is 0 Å². The summed E-state index contributed by atoms with van der Waals surface area (Å²) in [7, 11) is -2.41. The summed E-state index contributed by atoms with van der Waals surface area (Å²) in [4.78, 5) is 0. The summed E-state index contributed by atoms with van der Waals surface area (Å²) in [5.74, 6) is 0.0470. The quantitative estimate of drug-likeness (QED) is 0.788. The highest BCUT2D eigenvalue weighted by molar-refractivity contribution is 7.71. The van der Waals surface area contributed by atoms with Crippen LogP contribution in [-0.2, 0) is 16.5 Å². The molecule has 0 bridgehead atoms. The van der Waals surface area contributed by atoms with Crippen molar-refractivity contribution in [2.45, 2.75) is 5.75 Å². The van der Waals surface area contributed by atoms with E-state index in [2.05, 4.69) is 5.10 Å². The molecule has 0 atom stereocenters. The van der Waals surface area contributed by atoms with Gasteiger partial charge < -0.3 is 0 Å². The zero-order chi connectivity index (χ0) is 10.7. The highest BCUT2D eigenvalue weighted by Gasteiger charge is 2.04. The average Bonchev–Trinajstić information content (AvgIpc) is 2.70. The third-order valence-corrected chi connectivity index (χ3v) is 2.64. The minimum absolute atomic E-state index is 0.0470. The molecule has 0 N–H and O–H groups in total. The molecule has 0 saturated carbocycles. The van der Waals surface area contributed by atoms with Crippen molar-refractivity contribution in [2.24, 2.45) is 0 Å². The second-order valence-corrected chi connectivity index (χ2v) is 4.05. The summed E-state index contributed by atoms with van der Waals surface area (Å²) in [6.07, 6.45) is 3.45. The van der Waals surface area contributed by atoms with Gasteiger partial charge in [-0.3, -0.25) is 0 Å². The van der Waals surface area contributed by atoms with Gasteiger partial charge in [0.2, 0.25) is 0 Å². The lowest BCUT2D eigenvalue weighted by molar-refractivity contribution is 0.613. The number of hydrogen-bond acceptors (Lipinski definition) is 3. The molecular formula is C10H10N2O2S. The molecule has 0 aliphatic rings. The fourth-order valence-corrected chi connectivity index (χ4v) is 1.96. The Kier molecular flexibility index (Phi) is 2.82. The van der Waals surface area contributed by atoms with Gasteiger partial charge in [-0.2, -0.15) is 5.10 Å². The number of nitrogens with zero attached hydrogens (tertiary/aromatic N) is 2. The molecule has 4 nitrogen and oxygen atoms in total. The van der Waals surface area contributed by atoms with Crippen molar-refractivity contribution in [3.63, 3.8) is 0 Å². The normalized spacial score (nSPS) is 10.7. The lowest BCUT2D eigenvalue weighted by Crippen LogP contribution is -2.00. The van der Waals surface area contributed by atoms with Gasteiger partial charge in [-0.05, 0) is 17.7 Å². The summed E-state index contributed by atoms with van der Waals surface area (Å²) in [6, 6.07) is 9.12. The van der Waals surface area contributed by atoms with Gasteiger partial charge in [0.1, 0.15) is 10.7 Å². The molecule has 0 aliphatic carbocycles. The number of rotatable bonds is 3. The molecule has 0 aliphatic heterocycles. The molecular weight excluding hydrogens is 212 g/mol. The van der Waals surface area contributed by atoms with Crippen LogP contribution in [-0.4, -0.2) is 18.2 Å². The lowest BCUT2D eigenvalue weighted by atomic mass is 10.2.